The number of nitrogens with zero attached hydrogens (tertiary/aromatic N) is 1. The first-order valence-corrected chi connectivity index (χ1v) is 3.93. The van der Waals surface area contributed by atoms with Crippen LogP contribution >= 0.6 is 0 Å². The van der Waals surface area contributed by atoms with Crippen LogP contribution in [0, 0.1) is 5.92 Å². The Labute approximate surface area is 72.9 Å². The molecule has 0 aromatic carbocycles. The molecule has 0 spiro atoms. The quantitative estimate of drug-likeness (QED) is 0.351. The van der Waals surface area contributed by atoms with Gasteiger partial charge in [-0.25, -0.2) is 0 Å². The standard InChI is InChI=1S/C8H11BNO2/c1-3-6-5-8(6,10-9)7(11)12-4-2/h3,6H,1,4-5H2,2H3. The van der Waals surface area contributed by atoms with Gasteiger partial charge in [0, 0.05) is 0 Å². The van der Waals surface area contributed by atoms with Crippen molar-refractivity contribution in [2.24, 2.45) is 10.8 Å². The normalized spacial score (nSPS) is 32.2. The van der Waals surface area contributed by atoms with Crippen molar-refractivity contribution in [3.63, 3.8) is 0 Å². The number of hydrogen-bond donors (Lipinski definition) is 0. The summed E-state index contributed by atoms with van der Waals surface area (Å²) in [5.41, 5.74) is -0.808. The second-order valence-electron chi connectivity index (χ2n) is 2.82. The second kappa shape index (κ2) is 3.21. The maximum atomic E-state index is 11.3. The zero-order valence-electron chi connectivity index (χ0n) is 7.12. The molecule has 1 saturated carbocycles. The Bertz CT molecular complexity index is 229. The van der Waals surface area contributed by atoms with E-state index in [2.05, 4.69) is 11.5 Å². The van der Waals surface area contributed by atoms with Gasteiger partial charge in [0.05, 0.1) is 0 Å². The number of esters is 1. The van der Waals surface area contributed by atoms with Gasteiger partial charge in [0.25, 0.3) is 0 Å². The molecular weight excluding hydrogens is 153 g/mol. The second-order valence-corrected chi connectivity index (χ2v) is 2.82. The molecule has 0 aromatic rings. The fourth-order valence-electron chi connectivity index (χ4n) is 1.25. The van der Waals surface area contributed by atoms with Crippen molar-refractivity contribution in [3.8, 4) is 0 Å². The van der Waals surface area contributed by atoms with Crippen LogP contribution in [0.5, 0.6) is 0 Å². The van der Waals surface area contributed by atoms with Crippen LogP contribution in [-0.4, -0.2) is 25.8 Å². The van der Waals surface area contributed by atoms with Crippen LogP contribution in [0.3, 0.4) is 0 Å². The molecule has 0 saturated heterocycles. The van der Waals surface area contributed by atoms with E-state index >= 15 is 0 Å². The molecule has 1 aliphatic rings. The predicted octanol–water partition coefficient (Wildman–Crippen LogP) is 0.846. The van der Waals surface area contributed by atoms with E-state index in [0.29, 0.717) is 13.0 Å². The average molecular weight is 164 g/mol. The average Bonchev–Trinajstić information content (AvgIpc) is 2.80. The first-order valence-electron chi connectivity index (χ1n) is 3.93. The minimum absolute atomic E-state index is 0.0570. The SMILES string of the molecule is [B]=NC1(C(=O)OCC)CC1C=C. The third-order valence-corrected chi connectivity index (χ3v) is 2.13. The molecule has 63 valence electrons. The molecule has 0 aliphatic heterocycles. The molecule has 4 heteroatoms. The summed E-state index contributed by atoms with van der Waals surface area (Å²) in [5, 5.41) is 0. The van der Waals surface area contributed by atoms with Crippen LogP contribution in [0.4, 0.5) is 0 Å². The molecule has 2 unspecified atom stereocenters. The monoisotopic (exact) mass is 164 g/mol. The van der Waals surface area contributed by atoms with E-state index in [1.54, 1.807) is 13.0 Å². The first-order chi connectivity index (χ1) is 5.71. The Morgan fingerprint density at radius 3 is 3.00 bits per heavy atom. The molecule has 0 aromatic heterocycles. The molecule has 12 heavy (non-hydrogen) atoms. The Hall–Kier alpha value is -0.925. The van der Waals surface area contributed by atoms with Gasteiger partial charge in [0.1, 0.15) is 0 Å². The number of ether oxygens (including phenoxy) is 1. The minimum atomic E-state index is -0.808. The predicted molar refractivity (Wildman–Crippen MR) is 45.9 cm³/mol. The van der Waals surface area contributed by atoms with Gasteiger partial charge in [-0.2, -0.15) is 0 Å². The van der Waals surface area contributed by atoms with E-state index in [4.69, 9.17) is 12.4 Å². The summed E-state index contributed by atoms with van der Waals surface area (Å²) in [7, 11) is 5.14. The Morgan fingerprint density at radius 2 is 2.67 bits per heavy atom. The third kappa shape index (κ3) is 1.21. The van der Waals surface area contributed by atoms with Crippen LogP contribution in [-0.2, 0) is 9.53 Å². The van der Waals surface area contributed by atoms with E-state index in [0.717, 1.165) is 0 Å². The zero-order valence-corrected chi connectivity index (χ0v) is 7.12. The molecule has 3 nitrogen and oxygen atoms in total. The molecule has 1 rings (SSSR count). The summed E-state index contributed by atoms with van der Waals surface area (Å²) in [6.45, 7) is 5.70. The summed E-state index contributed by atoms with van der Waals surface area (Å²) < 4.78 is 4.83. The van der Waals surface area contributed by atoms with Gasteiger partial charge in [-0.3, -0.25) is 0 Å². The van der Waals surface area contributed by atoms with Crippen LogP contribution in [0.2, 0.25) is 0 Å². The van der Waals surface area contributed by atoms with Gasteiger partial charge in [0.15, 0.2) is 0 Å². The molecule has 1 aliphatic carbocycles. The van der Waals surface area contributed by atoms with Crippen LogP contribution in [0.1, 0.15) is 13.3 Å². The molecule has 2 atom stereocenters. The van der Waals surface area contributed by atoms with Crippen LogP contribution < -0.4 is 0 Å². The molecule has 0 N–H and O–H groups in total. The number of hydrogen-bond acceptors (Lipinski definition) is 3. The summed E-state index contributed by atoms with van der Waals surface area (Å²) in [6.07, 6.45) is 2.32. The fourth-order valence-corrected chi connectivity index (χ4v) is 1.25. The molecular formula is C8H11BNO2. The molecule has 1 radical (unpaired) electrons. The number of rotatable bonds is 4. The summed E-state index contributed by atoms with van der Waals surface area (Å²) in [6, 6.07) is 0. The van der Waals surface area contributed by atoms with Gasteiger partial charge >= 0.3 is 72.1 Å². The van der Waals surface area contributed by atoms with Gasteiger partial charge < -0.3 is 0 Å². The van der Waals surface area contributed by atoms with Gasteiger partial charge in [-0.15, -0.1) is 0 Å². The molecule has 0 heterocycles. The Kier molecular flexibility index (Phi) is 2.45. The van der Waals surface area contributed by atoms with Crippen molar-refractivity contribution in [1.82, 2.24) is 0 Å². The summed E-state index contributed by atoms with van der Waals surface area (Å²) >= 11 is 0. The summed E-state index contributed by atoms with van der Waals surface area (Å²) in [4.78, 5) is 14.8. The molecule has 0 bridgehead atoms. The van der Waals surface area contributed by atoms with Crippen molar-refractivity contribution in [2.45, 2.75) is 18.9 Å². The van der Waals surface area contributed by atoms with Crippen LogP contribution in [0.15, 0.2) is 17.6 Å². The van der Waals surface area contributed by atoms with Crippen LogP contribution in [0.25, 0.3) is 0 Å². The van der Waals surface area contributed by atoms with Gasteiger partial charge in [-0.05, 0) is 0 Å². The maximum absolute atomic E-state index is 11.3. The first kappa shape index (κ1) is 9.17. The van der Waals surface area contributed by atoms with Gasteiger partial charge in [-0.1, -0.05) is 0 Å². The van der Waals surface area contributed by atoms with E-state index in [9.17, 15) is 4.79 Å². The van der Waals surface area contributed by atoms with Crippen molar-refractivity contribution in [2.75, 3.05) is 6.61 Å². The topological polar surface area (TPSA) is 38.7 Å². The van der Waals surface area contributed by atoms with Gasteiger partial charge in [0.2, 0.25) is 0 Å². The fraction of sp³-hybridized carbons (Fsp3) is 0.625. The van der Waals surface area contributed by atoms with E-state index in [1.807, 2.05) is 0 Å². The number of carbonyl (C=O) groups is 1. The molecule has 1 fully saturated rings. The van der Waals surface area contributed by atoms with E-state index in [-0.39, 0.29) is 11.9 Å². The van der Waals surface area contributed by atoms with Crippen molar-refractivity contribution in [3.05, 3.63) is 12.7 Å². The Morgan fingerprint density at radius 1 is 2.00 bits per heavy atom. The Balaban J connectivity index is 2.65. The third-order valence-electron chi connectivity index (χ3n) is 2.13. The van der Waals surface area contributed by atoms with Crippen molar-refractivity contribution in [1.29, 1.82) is 0 Å². The summed E-state index contributed by atoms with van der Waals surface area (Å²) in [5.74, 6) is -0.279. The zero-order chi connectivity index (χ0) is 9.19. The van der Waals surface area contributed by atoms with E-state index < -0.39 is 5.54 Å². The number of carbonyl (C=O) groups excluding carboxylic acids is 1. The van der Waals surface area contributed by atoms with Crippen molar-refractivity contribution < 1.29 is 9.53 Å². The molecule has 0 amide bonds. The van der Waals surface area contributed by atoms with Crippen molar-refractivity contribution >= 4 is 13.6 Å². The van der Waals surface area contributed by atoms with E-state index in [1.165, 1.54) is 0 Å².